The summed E-state index contributed by atoms with van der Waals surface area (Å²) in [5.74, 6) is -0.303. The quantitative estimate of drug-likeness (QED) is 0.285. The third-order valence-corrected chi connectivity index (χ3v) is 9.51. The average Bonchev–Trinajstić information content (AvgIpc) is 3.26. The van der Waals surface area contributed by atoms with Crippen LogP contribution in [0.15, 0.2) is 60.2 Å². The normalized spacial score (nSPS) is 16.6. The maximum absolute atomic E-state index is 14.5. The Kier molecular flexibility index (Phi) is 12.4. The topological polar surface area (TPSA) is 127 Å². The molecule has 1 saturated carbocycles. The van der Waals surface area contributed by atoms with Gasteiger partial charge < -0.3 is 34.6 Å². The number of carbonyl (C=O) groups excluding carboxylic acids is 4. The van der Waals surface area contributed by atoms with Crippen molar-refractivity contribution >= 4 is 29.4 Å². The minimum absolute atomic E-state index is 0.0680. The van der Waals surface area contributed by atoms with Gasteiger partial charge in [0.05, 0.1) is 31.4 Å². The summed E-state index contributed by atoms with van der Waals surface area (Å²) in [4.78, 5) is 58.4. The second kappa shape index (κ2) is 16.1. The number of alkyl carbamates (subject to hydrolysis) is 1. The zero-order chi connectivity index (χ0) is 36.7. The molecule has 1 atom stereocenters. The fraction of sp³-hybridized carbons (Fsp3) is 0.538. The van der Waals surface area contributed by atoms with Gasteiger partial charge in [0.15, 0.2) is 0 Å². The van der Waals surface area contributed by atoms with Gasteiger partial charge in [0.1, 0.15) is 22.9 Å². The van der Waals surface area contributed by atoms with E-state index >= 15 is 0 Å². The molecule has 1 heterocycles. The number of hydrogen-bond acceptors (Lipinski definition) is 7. The van der Waals surface area contributed by atoms with E-state index in [-0.39, 0.29) is 31.6 Å². The summed E-state index contributed by atoms with van der Waals surface area (Å²) in [7, 11) is 3.46. The average molecular weight is 691 g/mol. The molecule has 1 fully saturated rings. The van der Waals surface area contributed by atoms with Gasteiger partial charge in [-0.2, -0.15) is 0 Å². The molecule has 2 aliphatic rings. The van der Waals surface area contributed by atoms with E-state index in [1.54, 1.807) is 46.6 Å². The lowest BCUT2D eigenvalue weighted by atomic mass is 9.75. The summed E-state index contributed by atoms with van der Waals surface area (Å²) >= 11 is 0. The van der Waals surface area contributed by atoms with Crippen molar-refractivity contribution in [2.75, 3.05) is 33.9 Å². The van der Waals surface area contributed by atoms with Gasteiger partial charge >= 0.3 is 6.09 Å². The van der Waals surface area contributed by atoms with Crippen molar-refractivity contribution in [3.8, 4) is 5.75 Å². The van der Waals surface area contributed by atoms with Gasteiger partial charge in [0.2, 0.25) is 11.8 Å². The highest BCUT2D eigenvalue weighted by Crippen LogP contribution is 2.48. The van der Waals surface area contributed by atoms with Crippen molar-refractivity contribution in [1.82, 2.24) is 20.4 Å². The van der Waals surface area contributed by atoms with E-state index in [2.05, 4.69) is 10.6 Å². The van der Waals surface area contributed by atoms with Crippen LogP contribution in [-0.2, 0) is 30.5 Å². The summed E-state index contributed by atoms with van der Waals surface area (Å²) < 4.78 is 16.8. The van der Waals surface area contributed by atoms with Crippen molar-refractivity contribution in [3.63, 3.8) is 0 Å². The van der Waals surface area contributed by atoms with Crippen LogP contribution in [-0.4, -0.2) is 90.2 Å². The first-order valence-electron chi connectivity index (χ1n) is 17.5. The molecular formula is C39H54N4O7. The first-order valence-corrected chi connectivity index (χ1v) is 17.5. The molecule has 0 bridgehead atoms. The zero-order valence-electron chi connectivity index (χ0n) is 30.9. The van der Waals surface area contributed by atoms with Gasteiger partial charge in [0, 0.05) is 20.1 Å². The van der Waals surface area contributed by atoms with E-state index in [1.807, 2.05) is 73.5 Å². The standard InChI is InChI=1S/C39H54N4O7/c1-9-43(24-30-32(28-18-20-29(48-8)21-19-28)34(45)42(7)39(30)22-14-11-15-23-39)33(44)31(26-49-25-27-16-12-10-13-17-27)40-35(46)38(5,6)41-36(47)50-37(2,3)4/h10,12-13,16-21,31H,9,11,14-15,22-26H2,1-8H3,(H,40,46)(H,41,47)/t31-/m1/s1. The second-order valence-corrected chi connectivity index (χ2v) is 14.7. The number of hydrogen-bond donors (Lipinski definition) is 2. The Morgan fingerprint density at radius 3 is 2.18 bits per heavy atom. The molecule has 4 amide bonds. The summed E-state index contributed by atoms with van der Waals surface area (Å²) in [6.07, 6.45) is 3.90. The smallest absolute Gasteiger partial charge is 0.408 e. The van der Waals surface area contributed by atoms with Crippen LogP contribution in [0.1, 0.15) is 84.8 Å². The predicted octanol–water partition coefficient (Wildman–Crippen LogP) is 5.48. The van der Waals surface area contributed by atoms with Crippen LogP contribution in [0.25, 0.3) is 5.57 Å². The van der Waals surface area contributed by atoms with Crippen LogP contribution in [0.3, 0.4) is 0 Å². The molecular weight excluding hydrogens is 636 g/mol. The highest BCUT2D eigenvalue weighted by molar-refractivity contribution is 6.23. The maximum Gasteiger partial charge on any atom is 0.408 e. The predicted molar refractivity (Wildman–Crippen MR) is 192 cm³/mol. The first kappa shape index (κ1) is 38.4. The monoisotopic (exact) mass is 690 g/mol. The molecule has 272 valence electrons. The van der Waals surface area contributed by atoms with Crippen LogP contribution in [0.2, 0.25) is 0 Å². The Hall–Kier alpha value is -4.38. The lowest BCUT2D eigenvalue weighted by Crippen LogP contribution is -2.61. The fourth-order valence-electron chi connectivity index (χ4n) is 6.74. The molecule has 0 unspecified atom stereocenters. The van der Waals surface area contributed by atoms with E-state index in [0.29, 0.717) is 17.9 Å². The lowest BCUT2D eigenvalue weighted by Gasteiger charge is -2.43. The molecule has 4 rings (SSSR count). The van der Waals surface area contributed by atoms with Gasteiger partial charge in [-0.05, 0) is 83.2 Å². The number of amides is 4. The van der Waals surface area contributed by atoms with Gasteiger partial charge in [0.25, 0.3) is 5.91 Å². The number of nitrogens with one attached hydrogen (secondary N) is 2. The van der Waals surface area contributed by atoms with E-state index in [1.165, 1.54) is 0 Å². The van der Waals surface area contributed by atoms with Crippen LogP contribution in [0.5, 0.6) is 5.75 Å². The van der Waals surface area contributed by atoms with E-state index in [9.17, 15) is 19.2 Å². The molecule has 2 aromatic carbocycles. The Labute approximate surface area is 296 Å². The van der Waals surface area contributed by atoms with Gasteiger partial charge in [-0.15, -0.1) is 0 Å². The Balaban J connectivity index is 1.66. The van der Waals surface area contributed by atoms with Crippen molar-refractivity contribution in [2.45, 2.75) is 103 Å². The molecule has 2 N–H and O–H groups in total. The van der Waals surface area contributed by atoms with Crippen LogP contribution in [0, 0.1) is 0 Å². The summed E-state index contributed by atoms with van der Waals surface area (Å²) in [6.45, 7) is 10.9. The fourth-order valence-corrected chi connectivity index (χ4v) is 6.74. The number of carbonyl (C=O) groups is 4. The Morgan fingerprint density at radius 2 is 1.60 bits per heavy atom. The molecule has 1 aliphatic carbocycles. The Morgan fingerprint density at radius 1 is 0.960 bits per heavy atom. The largest absolute Gasteiger partial charge is 0.497 e. The molecule has 0 aromatic heterocycles. The summed E-state index contributed by atoms with van der Waals surface area (Å²) in [5, 5.41) is 5.49. The molecule has 1 aliphatic heterocycles. The first-order chi connectivity index (χ1) is 23.6. The summed E-state index contributed by atoms with van der Waals surface area (Å²) in [5.41, 5.74) is 0.528. The SMILES string of the molecule is CCN(CC1=C(c2ccc(OC)cc2)C(=O)N(C)C12CCCCC2)C(=O)[C@@H](COCc1ccccc1)NC(=O)C(C)(C)NC(=O)OC(C)(C)C. The lowest BCUT2D eigenvalue weighted by molar-refractivity contribution is -0.139. The highest BCUT2D eigenvalue weighted by atomic mass is 16.6. The molecule has 50 heavy (non-hydrogen) atoms. The summed E-state index contributed by atoms with van der Waals surface area (Å²) in [6, 6.07) is 15.9. The van der Waals surface area contributed by atoms with Crippen molar-refractivity contribution in [2.24, 2.45) is 0 Å². The van der Waals surface area contributed by atoms with Gasteiger partial charge in [-0.3, -0.25) is 14.4 Å². The Bertz CT molecular complexity index is 1540. The van der Waals surface area contributed by atoms with Crippen LogP contribution in [0.4, 0.5) is 4.79 Å². The number of methoxy groups -OCH3 is 1. The van der Waals surface area contributed by atoms with Crippen LogP contribution < -0.4 is 15.4 Å². The number of rotatable bonds is 13. The number of likely N-dealkylation sites (N-methyl/N-ethyl adjacent to an activating group) is 2. The minimum Gasteiger partial charge on any atom is -0.497 e. The third kappa shape index (κ3) is 9.04. The van der Waals surface area contributed by atoms with Gasteiger partial charge in [-0.1, -0.05) is 61.7 Å². The zero-order valence-corrected chi connectivity index (χ0v) is 30.9. The second-order valence-electron chi connectivity index (χ2n) is 14.7. The molecule has 0 radical (unpaired) electrons. The van der Waals surface area contributed by atoms with Crippen molar-refractivity contribution < 1.29 is 33.4 Å². The number of benzene rings is 2. The van der Waals surface area contributed by atoms with E-state index in [0.717, 1.165) is 48.8 Å². The number of nitrogens with zero attached hydrogens (tertiary/aromatic N) is 2. The minimum atomic E-state index is -1.41. The third-order valence-electron chi connectivity index (χ3n) is 9.51. The van der Waals surface area contributed by atoms with E-state index in [4.69, 9.17) is 14.2 Å². The molecule has 11 heteroatoms. The maximum atomic E-state index is 14.5. The van der Waals surface area contributed by atoms with E-state index < -0.39 is 34.7 Å². The molecule has 2 aromatic rings. The number of ether oxygens (including phenoxy) is 3. The molecule has 11 nitrogen and oxygen atoms in total. The highest BCUT2D eigenvalue weighted by Gasteiger charge is 2.50. The molecule has 1 spiro atoms. The van der Waals surface area contributed by atoms with Gasteiger partial charge in [-0.25, -0.2) is 4.79 Å². The molecule has 0 saturated heterocycles. The van der Waals surface area contributed by atoms with Crippen molar-refractivity contribution in [3.05, 3.63) is 71.3 Å². The van der Waals surface area contributed by atoms with Crippen LogP contribution >= 0.6 is 0 Å². The van der Waals surface area contributed by atoms with Crippen molar-refractivity contribution in [1.29, 1.82) is 0 Å².